The zero-order valence-electron chi connectivity index (χ0n) is 20.7. The van der Waals surface area contributed by atoms with Crippen molar-refractivity contribution in [2.45, 2.75) is 88.1 Å². The number of esters is 1. The number of ether oxygens (including phenoxy) is 2. The van der Waals surface area contributed by atoms with Gasteiger partial charge in [-0.05, 0) is 50.3 Å². The topological polar surface area (TPSA) is 93.2 Å². The second-order valence-corrected chi connectivity index (χ2v) is 11.9. The molecule has 2 saturated carbocycles. The Hall–Kier alpha value is -1.97. The van der Waals surface area contributed by atoms with Crippen molar-refractivity contribution in [3.63, 3.8) is 0 Å². The highest BCUT2D eigenvalue weighted by molar-refractivity contribution is 7.89. The van der Waals surface area contributed by atoms with Crippen molar-refractivity contribution in [3.8, 4) is 0 Å². The molecule has 0 unspecified atom stereocenters. The largest absolute Gasteiger partial charge is 0.452 e. The minimum absolute atomic E-state index is 0.0503. The van der Waals surface area contributed by atoms with E-state index in [2.05, 4.69) is 0 Å². The van der Waals surface area contributed by atoms with Gasteiger partial charge in [0, 0.05) is 25.2 Å². The fourth-order valence-corrected chi connectivity index (χ4v) is 7.06. The molecule has 194 valence electrons. The maximum atomic E-state index is 13.3. The van der Waals surface area contributed by atoms with Gasteiger partial charge < -0.3 is 14.4 Å². The van der Waals surface area contributed by atoms with Gasteiger partial charge in [-0.25, -0.2) is 13.2 Å². The number of carbonyl (C=O) groups is 2. The fraction of sp³-hybridized carbons (Fsp3) is 0.692. The monoisotopic (exact) mass is 506 g/mol. The third-order valence-electron chi connectivity index (χ3n) is 7.59. The molecule has 35 heavy (non-hydrogen) atoms. The van der Waals surface area contributed by atoms with E-state index in [9.17, 15) is 18.0 Å². The highest BCUT2D eigenvalue weighted by Gasteiger charge is 2.33. The van der Waals surface area contributed by atoms with Crippen LogP contribution in [0.3, 0.4) is 0 Å². The summed E-state index contributed by atoms with van der Waals surface area (Å²) < 4.78 is 38.2. The van der Waals surface area contributed by atoms with E-state index >= 15 is 0 Å². The summed E-state index contributed by atoms with van der Waals surface area (Å²) in [5, 5.41) is 0. The van der Waals surface area contributed by atoms with Gasteiger partial charge in [0.25, 0.3) is 5.91 Å². The molecule has 1 aromatic rings. The molecular formula is C26H38N2O6S. The van der Waals surface area contributed by atoms with Gasteiger partial charge in [0.2, 0.25) is 10.0 Å². The maximum Gasteiger partial charge on any atom is 0.338 e. The molecule has 3 fully saturated rings. The lowest BCUT2D eigenvalue weighted by Crippen LogP contribution is -2.50. The summed E-state index contributed by atoms with van der Waals surface area (Å²) in [5.41, 5.74) is 0.786. The summed E-state index contributed by atoms with van der Waals surface area (Å²) in [7, 11) is -3.74. The summed E-state index contributed by atoms with van der Waals surface area (Å²) in [4.78, 5) is 28.4. The number of sulfonamides is 1. The molecular weight excluding hydrogens is 468 g/mol. The van der Waals surface area contributed by atoms with Gasteiger partial charge in [-0.3, -0.25) is 4.79 Å². The third-order valence-corrected chi connectivity index (χ3v) is 9.48. The van der Waals surface area contributed by atoms with Gasteiger partial charge in [0.1, 0.15) is 0 Å². The number of hydrogen-bond acceptors (Lipinski definition) is 6. The molecule has 2 aliphatic carbocycles. The number of rotatable bonds is 7. The van der Waals surface area contributed by atoms with Crippen LogP contribution < -0.4 is 0 Å². The quantitative estimate of drug-likeness (QED) is 0.524. The highest BCUT2D eigenvalue weighted by atomic mass is 32.2. The van der Waals surface area contributed by atoms with Gasteiger partial charge in [0.05, 0.1) is 23.7 Å². The molecule has 4 rings (SSSR count). The second kappa shape index (κ2) is 11.8. The molecule has 8 nitrogen and oxygen atoms in total. The third kappa shape index (κ3) is 6.24. The van der Waals surface area contributed by atoms with Gasteiger partial charge in [0.15, 0.2) is 6.61 Å². The number of amides is 1. The molecule has 9 heteroatoms. The first-order valence-electron chi connectivity index (χ1n) is 13.0. The highest BCUT2D eigenvalue weighted by Crippen LogP contribution is 2.30. The number of benzene rings is 1. The van der Waals surface area contributed by atoms with E-state index in [1.54, 1.807) is 13.0 Å². The number of carbonyl (C=O) groups excluding carboxylic acids is 2. The fourth-order valence-electron chi connectivity index (χ4n) is 5.62. The lowest BCUT2D eigenvalue weighted by Gasteiger charge is -2.41. The normalized spacial score (nSPS) is 20.9. The molecule has 0 atom stereocenters. The van der Waals surface area contributed by atoms with Gasteiger partial charge in [-0.2, -0.15) is 4.31 Å². The number of aryl methyl sites for hydroxylation is 1. The van der Waals surface area contributed by atoms with Crippen LogP contribution in [-0.2, 0) is 24.3 Å². The van der Waals surface area contributed by atoms with E-state index in [1.807, 2.05) is 4.90 Å². The van der Waals surface area contributed by atoms with Crippen molar-refractivity contribution in [2.24, 2.45) is 0 Å². The molecule has 1 amide bonds. The van der Waals surface area contributed by atoms with Crippen molar-refractivity contribution in [3.05, 3.63) is 29.3 Å². The van der Waals surface area contributed by atoms with E-state index in [0.29, 0.717) is 18.8 Å². The molecule has 0 radical (unpaired) electrons. The van der Waals surface area contributed by atoms with Crippen molar-refractivity contribution in [1.29, 1.82) is 0 Å². The average molecular weight is 507 g/mol. The molecule has 1 aliphatic heterocycles. The predicted octanol–water partition coefficient (Wildman–Crippen LogP) is 3.67. The van der Waals surface area contributed by atoms with Crippen LogP contribution in [0.4, 0.5) is 0 Å². The van der Waals surface area contributed by atoms with E-state index in [0.717, 1.165) is 51.4 Å². The molecule has 0 aromatic heterocycles. The molecule has 1 aromatic carbocycles. The van der Waals surface area contributed by atoms with Crippen LogP contribution in [0.15, 0.2) is 23.1 Å². The Morgan fingerprint density at radius 1 is 0.971 bits per heavy atom. The van der Waals surface area contributed by atoms with Gasteiger partial charge in [-0.15, -0.1) is 0 Å². The molecule has 0 N–H and O–H groups in total. The molecule has 0 spiro atoms. The Balaban J connectivity index is 1.45. The van der Waals surface area contributed by atoms with E-state index in [-0.39, 0.29) is 48.1 Å². The van der Waals surface area contributed by atoms with Crippen molar-refractivity contribution in [2.75, 3.05) is 32.9 Å². The van der Waals surface area contributed by atoms with Gasteiger partial charge >= 0.3 is 5.97 Å². The summed E-state index contributed by atoms with van der Waals surface area (Å²) >= 11 is 0. The first-order valence-corrected chi connectivity index (χ1v) is 14.5. The van der Waals surface area contributed by atoms with Crippen molar-refractivity contribution >= 4 is 21.9 Å². The minimum atomic E-state index is -3.74. The SMILES string of the molecule is Cc1ccc(S(=O)(=O)N2CCOCC2)cc1C(=O)OCC(=O)N(C1CCCCC1)C1CCCCC1. The Labute approximate surface area is 209 Å². The molecule has 3 aliphatic rings. The zero-order chi connectivity index (χ0) is 24.8. The standard InChI is InChI=1S/C26H38N2O6S/c1-20-12-13-23(35(31,32)27-14-16-33-17-15-27)18-24(20)26(30)34-19-25(29)28(21-8-4-2-5-9-21)22-10-6-3-7-11-22/h12-13,18,21-22H,2-11,14-17,19H2,1H3. The van der Waals surface area contributed by atoms with Crippen LogP contribution in [0.25, 0.3) is 0 Å². The smallest absolute Gasteiger partial charge is 0.338 e. The average Bonchev–Trinajstić information content (AvgIpc) is 2.89. The zero-order valence-corrected chi connectivity index (χ0v) is 21.6. The first kappa shape index (κ1) is 26.1. The van der Waals surface area contributed by atoms with Crippen LogP contribution in [0, 0.1) is 6.92 Å². The summed E-state index contributed by atoms with van der Waals surface area (Å²) in [6.07, 6.45) is 11.0. The van der Waals surface area contributed by atoms with Crippen LogP contribution in [0.1, 0.15) is 80.1 Å². The lowest BCUT2D eigenvalue weighted by molar-refractivity contribution is -0.141. The van der Waals surface area contributed by atoms with Crippen LogP contribution in [-0.4, -0.2) is 74.5 Å². The molecule has 1 saturated heterocycles. The Kier molecular flexibility index (Phi) is 8.83. The van der Waals surface area contributed by atoms with E-state index in [1.165, 1.54) is 29.3 Å². The summed E-state index contributed by atoms with van der Waals surface area (Å²) in [6, 6.07) is 4.94. The van der Waals surface area contributed by atoms with E-state index in [4.69, 9.17) is 9.47 Å². The first-order chi connectivity index (χ1) is 16.9. The minimum Gasteiger partial charge on any atom is -0.452 e. The van der Waals surface area contributed by atoms with Crippen molar-refractivity contribution < 1.29 is 27.5 Å². The summed E-state index contributed by atoms with van der Waals surface area (Å²) in [5.74, 6) is -0.797. The number of morpholine rings is 1. The molecule has 0 bridgehead atoms. The Bertz CT molecular complexity index is 975. The van der Waals surface area contributed by atoms with Crippen molar-refractivity contribution in [1.82, 2.24) is 9.21 Å². The molecule has 1 heterocycles. The second-order valence-electron chi connectivity index (χ2n) is 9.95. The van der Waals surface area contributed by atoms with Crippen LogP contribution in [0.2, 0.25) is 0 Å². The van der Waals surface area contributed by atoms with Crippen LogP contribution >= 0.6 is 0 Å². The number of hydrogen-bond donors (Lipinski definition) is 0. The Morgan fingerprint density at radius 2 is 1.54 bits per heavy atom. The maximum absolute atomic E-state index is 13.3. The number of nitrogens with zero attached hydrogens (tertiary/aromatic N) is 2. The van der Waals surface area contributed by atoms with Crippen LogP contribution in [0.5, 0.6) is 0 Å². The predicted molar refractivity (Wildman–Crippen MR) is 132 cm³/mol. The lowest BCUT2D eigenvalue weighted by atomic mass is 9.88. The summed E-state index contributed by atoms with van der Waals surface area (Å²) in [6.45, 7) is 2.68. The van der Waals surface area contributed by atoms with E-state index < -0.39 is 16.0 Å². The Morgan fingerprint density at radius 3 is 2.11 bits per heavy atom. The van der Waals surface area contributed by atoms with Gasteiger partial charge in [-0.1, -0.05) is 44.6 Å².